The first-order chi connectivity index (χ1) is 14.4. The molecule has 0 atom stereocenters. The molecule has 3 aromatic rings. The summed E-state index contributed by atoms with van der Waals surface area (Å²) < 4.78 is 2.56. The van der Waals surface area contributed by atoms with Gasteiger partial charge in [-0.1, -0.05) is 68.4 Å². The van der Waals surface area contributed by atoms with Gasteiger partial charge in [-0.05, 0) is 69.5 Å². The van der Waals surface area contributed by atoms with Gasteiger partial charge in [-0.15, -0.1) is 0 Å². The van der Waals surface area contributed by atoms with E-state index in [1.165, 1.54) is 21.5 Å². The Bertz CT molecular complexity index is 922. The minimum atomic E-state index is -2.01. The van der Waals surface area contributed by atoms with E-state index in [0.29, 0.717) is 18.0 Å². The molecule has 0 bridgehead atoms. The van der Waals surface area contributed by atoms with E-state index in [0.717, 1.165) is 0 Å². The molecular formula is C28H36NP+2. The van der Waals surface area contributed by atoms with Crippen molar-refractivity contribution in [1.82, 2.24) is 0 Å². The van der Waals surface area contributed by atoms with Crippen molar-refractivity contribution >= 4 is 29.1 Å². The van der Waals surface area contributed by atoms with Crippen LogP contribution in [0.15, 0.2) is 84.9 Å². The van der Waals surface area contributed by atoms with E-state index in [-0.39, 0.29) is 0 Å². The van der Waals surface area contributed by atoms with Crippen molar-refractivity contribution in [3.8, 4) is 0 Å². The van der Waals surface area contributed by atoms with Crippen LogP contribution in [-0.2, 0) is 0 Å². The lowest BCUT2D eigenvalue weighted by atomic mass is 10.0. The van der Waals surface area contributed by atoms with Gasteiger partial charge in [0.2, 0.25) is 7.26 Å². The van der Waals surface area contributed by atoms with Crippen LogP contribution in [0.2, 0.25) is 0 Å². The maximum Gasteiger partial charge on any atom is 0.292 e. The first kappa shape index (κ1) is 22.4. The van der Waals surface area contributed by atoms with Crippen LogP contribution in [0.4, 0.5) is 0 Å². The Kier molecular flexibility index (Phi) is 7.27. The minimum absolute atomic E-state index is 0.433. The van der Waals surface area contributed by atoms with E-state index < -0.39 is 7.26 Å². The van der Waals surface area contributed by atoms with Crippen molar-refractivity contribution < 1.29 is 4.58 Å². The summed E-state index contributed by atoms with van der Waals surface area (Å²) in [5.41, 5.74) is 1.45. The molecule has 0 aromatic heterocycles. The molecule has 0 aliphatic carbocycles. The molecule has 0 heterocycles. The van der Waals surface area contributed by atoms with Gasteiger partial charge < -0.3 is 0 Å². The van der Waals surface area contributed by atoms with Crippen LogP contribution >= 0.6 is 7.26 Å². The fourth-order valence-electron chi connectivity index (χ4n) is 4.31. The number of benzene rings is 3. The number of rotatable bonds is 7. The van der Waals surface area contributed by atoms with Gasteiger partial charge in [0.05, 0.1) is 0 Å². The van der Waals surface area contributed by atoms with Gasteiger partial charge in [-0.3, -0.25) is 0 Å². The second kappa shape index (κ2) is 9.71. The van der Waals surface area contributed by atoms with Crippen molar-refractivity contribution in [2.75, 3.05) is 0 Å². The zero-order valence-electron chi connectivity index (χ0n) is 19.3. The number of hydrogen-bond donors (Lipinski definition) is 0. The Morgan fingerprint density at radius 3 is 1.47 bits per heavy atom. The lowest BCUT2D eigenvalue weighted by Gasteiger charge is -2.26. The molecule has 0 saturated heterocycles. The van der Waals surface area contributed by atoms with Crippen molar-refractivity contribution in [1.29, 1.82) is 0 Å². The standard InChI is InChI=1S/C28H36NP/c1-22(2)27-19-13-14-20-28(27)30(25-15-9-7-10-16-25,26-17-11-8-12-18-26)21-29(23(3)4)24(5)6/h7-24H,1-6H3/q+2. The van der Waals surface area contributed by atoms with Crippen LogP contribution in [0.5, 0.6) is 0 Å². The molecule has 156 valence electrons. The molecule has 0 unspecified atom stereocenters. The van der Waals surface area contributed by atoms with E-state index in [4.69, 9.17) is 0 Å². The Morgan fingerprint density at radius 1 is 0.600 bits per heavy atom. The molecular weight excluding hydrogens is 381 g/mol. The summed E-state index contributed by atoms with van der Waals surface area (Å²) >= 11 is 0. The maximum atomic E-state index is 2.61. The molecule has 0 radical (unpaired) electrons. The summed E-state index contributed by atoms with van der Waals surface area (Å²) in [7, 11) is -2.01. The smallest absolute Gasteiger partial charge is 0.202 e. The van der Waals surface area contributed by atoms with Crippen molar-refractivity contribution in [3.05, 3.63) is 90.5 Å². The summed E-state index contributed by atoms with van der Waals surface area (Å²) in [6.07, 6.45) is 0. The van der Waals surface area contributed by atoms with Gasteiger partial charge in [0.15, 0.2) is 12.1 Å². The van der Waals surface area contributed by atoms with Crippen molar-refractivity contribution in [3.63, 3.8) is 0 Å². The molecule has 1 nitrogen and oxygen atoms in total. The third kappa shape index (κ3) is 4.42. The van der Waals surface area contributed by atoms with Crippen LogP contribution in [0.25, 0.3) is 0 Å². The van der Waals surface area contributed by atoms with Crippen molar-refractivity contribution in [2.24, 2.45) is 0 Å². The summed E-state index contributed by atoms with van der Waals surface area (Å²) in [4.78, 5) is 0. The third-order valence-corrected chi connectivity index (χ3v) is 9.77. The largest absolute Gasteiger partial charge is 0.292 e. The topological polar surface area (TPSA) is 3.01 Å². The Hall–Kier alpha value is -2.24. The molecule has 3 rings (SSSR count). The molecule has 30 heavy (non-hydrogen) atoms. The van der Waals surface area contributed by atoms with E-state index in [1.54, 1.807) is 0 Å². The van der Waals surface area contributed by atoms with Gasteiger partial charge in [0.1, 0.15) is 15.9 Å². The lowest BCUT2D eigenvalue weighted by Crippen LogP contribution is -2.39. The zero-order chi connectivity index (χ0) is 21.7. The molecule has 0 saturated carbocycles. The van der Waals surface area contributed by atoms with Crippen LogP contribution < -0.4 is 15.9 Å². The van der Waals surface area contributed by atoms with E-state index in [9.17, 15) is 0 Å². The summed E-state index contributed by atoms with van der Waals surface area (Å²) in [5, 5.41) is 4.30. The lowest BCUT2D eigenvalue weighted by molar-refractivity contribution is -0.581. The average Bonchev–Trinajstić information content (AvgIpc) is 2.75. The highest BCUT2D eigenvalue weighted by Crippen LogP contribution is 2.54. The highest BCUT2D eigenvalue weighted by atomic mass is 31.2. The summed E-state index contributed by atoms with van der Waals surface area (Å²) in [6.45, 7) is 13.8. The van der Waals surface area contributed by atoms with Gasteiger partial charge in [0.25, 0.3) is 5.96 Å². The maximum absolute atomic E-state index is 2.61. The highest BCUT2D eigenvalue weighted by molar-refractivity contribution is 8.06. The van der Waals surface area contributed by atoms with Crippen LogP contribution in [0, 0.1) is 0 Å². The zero-order valence-corrected chi connectivity index (χ0v) is 20.2. The predicted octanol–water partition coefficient (Wildman–Crippen LogP) is 5.96. The normalized spacial score (nSPS) is 11.9. The molecule has 0 fully saturated rings. The van der Waals surface area contributed by atoms with Gasteiger partial charge >= 0.3 is 0 Å². The molecule has 0 amide bonds. The monoisotopic (exact) mass is 417 g/mol. The third-order valence-electron chi connectivity index (χ3n) is 5.76. The average molecular weight is 418 g/mol. The van der Waals surface area contributed by atoms with E-state index >= 15 is 0 Å². The Balaban J connectivity index is 2.51. The fourth-order valence-corrected chi connectivity index (χ4v) is 8.83. The predicted molar refractivity (Wildman–Crippen MR) is 136 cm³/mol. The highest BCUT2D eigenvalue weighted by Gasteiger charge is 2.50. The van der Waals surface area contributed by atoms with Gasteiger partial charge in [-0.25, -0.2) is 4.58 Å². The molecule has 0 spiro atoms. The number of nitrogens with zero attached hydrogens (tertiary/aromatic N) is 1. The second-order valence-electron chi connectivity index (χ2n) is 8.86. The fraction of sp³-hybridized carbons (Fsp3) is 0.321. The second-order valence-corrected chi connectivity index (χ2v) is 12.0. The van der Waals surface area contributed by atoms with Gasteiger partial charge in [-0.2, -0.15) is 0 Å². The molecule has 0 aliphatic rings. The van der Waals surface area contributed by atoms with E-state index in [1.807, 2.05) is 0 Å². The first-order valence-corrected chi connectivity index (χ1v) is 13.0. The molecule has 0 aliphatic heterocycles. The van der Waals surface area contributed by atoms with Crippen LogP contribution in [0.3, 0.4) is 0 Å². The molecule has 3 aromatic carbocycles. The van der Waals surface area contributed by atoms with Crippen molar-refractivity contribution in [2.45, 2.75) is 59.5 Å². The van der Waals surface area contributed by atoms with Gasteiger partial charge in [0, 0.05) is 0 Å². The minimum Gasteiger partial charge on any atom is -0.202 e. The van der Waals surface area contributed by atoms with Crippen LogP contribution in [0.1, 0.15) is 53.0 Å². The quantitative estimate of drug-likeness (QED) is 0.253. The summed E-state index contributed by atoms with van der Waals surface area (Å²) in [6, 6.07) is 32.3. The number of hydrogen-bond acceptors (Lipinski definition) is 0. The molecule has 2 heteroatoms. The first-order valence-electron chi connectivity index (χ1n) is 11.1. The molecule has 0 N–H and O–H groups in total. The SMILES string of the molecule is CC(C)c1ccccc1[P+](C=[N+](C(C)C)C(C)C)(c1ccccc1)c1ccccc1. The summed E-state index contributed by atoms with van der Waals surface area (Å²) in [5.74, 6) is 3.07. The van der Waals surface area contributed by atoms with Crippen LogP contribution in [-0.4, -0.2) is 22.6 Å². The Labute approximate surface area is 183 Å². The Morgan fingerprint density at radius 2 is 1.03 bits per heavy atom. The van der Waals surface area contributed by atoms with E-state index in [2.05, 4.69) is 137 Å².